The van der Waals surface area contributed by atoms with Crippen molar-refractivity contribution >= 4 is 28.5 Å². The number of fused-ring (bicyclic) bond motifs is 3. The first-order chi connectivity index (χ1) is 24.7. The van der Waals surface area contributed by atoms with Crippen LogP contribution in [0.2, 0.25) is 0 Å². The van der Waals surface area contributed by atoms with Crippen molar-refractivity contribution in [1.82, 2.24) is 0 Å². The van der Waals surface area contributed by atoms with Crippen molar-refractivity contribution in [3.8, 4) is 0 Å². The van der Waals surface area contributed by atoms with Crippen molar-refractivity contribution in [3.63, 3.8) is 0 Å². The summed E-state index contributed by atoms with van der Waals surface area (Å²) in [5.41, 5.74) is 12.7. The summed E-state index contributed by atoms with van der Waals surface area (Å²) in [6.45, 7) is 20.5. The van der Waals surface area contributed by atoms with Crippen molar-refractivity contribution in [3.05, 3.63) is 208 Å². The molecule has 0 heterocycles. The van der Waals surface area contributed by atoms with Gasteiger partial charge in [-0.2, -0.15) is 0 Å². The smallest absolute Gasteiger partial charge is 0.00577 e. The van der Waals surface area contributed by atoms with Gasteiger partial charge >= 0.3 is 0 Å². The van der Waals surface area contributed by atoms with E-state index < -0.39 is 0 Å². The van der Waals surface area contributed by atoms with E-state index >= 15 is 0 Å². The first kappa shape index (κ1) is 38.6. The minimum Gasteiger partial charge on any atom is -0.0988 e. The Morgan fingerprint density at radius 3 is 2.20 bits per heavy atom. The predicted molar refractivity (Wildman–Crippen MR) is 228 cm³/mol. The third-order valence-electron chi connectivity index (χ3n) is 9.38. The Hall–Kier alpha value is -5.20. The molecule has 0 fully saturated rings. The lowest BCUT2D eigenvalue weighted by molar-refractivity contribution is 0.918. The van der Waals surface area contributed by atoms with Gasteiger partial charge in [0.1, 0.15) is 0 Å². The molecular formula is C51H56. The fraction of sp³-hybridized carbons (Fsp3) is 0.216. The van der Waals surface area contributed by atoms with Gasteiger partial charge in [0, 0.05) is 0 Å². The zero-order chi connectivity index (χ0) is 36.6. The first-order valence-corrected chi connectivity index (χ1v) is 18.3. The molecule has 1 atom stereocenters. The van der Waals surface area contributed by atoms with E-state index in [4.69, 9.17) is 0 Å². The highest BCUT2D eigenvalue weighted by atomic mass is 14.2. The van der Waals surface area contributed by atoms with Crippen LogP contribution in [0.25, 0.3) is 28.5 Å². The molecule has 0 saturated carbocycles. The number of aryl methyl sites for hydroxylation is 2. The molecule has 0 bridgehead atoms. The van der Waals surface area contributed by atoms with Crippen LogP contribution >= 0.6 is 0 Å². The number of rotatable bonds is 5. The van der Waals surface area contributed by atoms with Crippen molar-refractivity contribution in [2.45, 2.75) is 67.2 Å². The van der Waals surface area contributed by atoms with Gasteiger partial charge in [-0.1, -0.05) is 194 Å². The second-order valence-corrected chi connectivity index (χ2v) is 13.7. The molecule has 0 spiro atoms. The average Bonchev–Trinajstić information content (AvgIpc) is 3.31. The van der Waals surface area contributed by atoms with Crippen molar-refractivity contribution < 1.29 is 0 Å². The summed E-state index contributed by atoms with van der Waals surface area (Å²) in [5, 5.41) is 5.30. The first-order valence-electron chi connectivity index (χ1n) is 18.3. The normalized spacial score (nSPS) is 15.9. The molecule has 0 aromatic heterocycles. The van der Waals surface area contributed by atoms with Crippen LogP contribution in [0.3, 0.4) is 0 Å². The van der Waals surface area contributed by atoms with E-state index in [0.29, 0.717) is 5.92 Å². The maximum absolute atomic E-state index is 3.77. The quantitative estimate of drug-likeness (QED) is 0.186. The highest BCUT2D eigenvalue weighted by molar-refractivity contribution is 5.83. The summed E-state index contributed by atoms with van der Waals surface area (Å²) < 4.78 is 0. The summed E-state index contributed by atoms with van der Waals surface area (Å²) in [6, 6.07) is 30.2. The summed E-state index contributed by atoms with van der Waals surface area (Å²) in [7, 11) is 0. The number of hydrogen-bond donors (Lipinski definition) is 0. The largest absolute Gasteiger partial charge is 0.0988 e. The van der Waals surface area contributed by atoms with Crippen LogP contribution in [0.15, 0.2) is 175 Å². The molecule has 51 heavy (non-hydrogen) atoms. The molecule has 7 rings (SSSR count). The lowest BCUT2D eigenvalue weighted by Gasteiger charge is -2.12. The molecular weight excluding hydrogens is 613 g/mol. The molecule has 4 aromatic rings. The minimum atomic E-state index is 0.546. The summed E-state index contributed by atoms with van der Waals surface area (Å²) >= 11 is 0. The Kier molecular flexibility index (Phi) is 15.0. The Morgan fingerprint density at radius 2 is 1.45 bits per heavy atom. The molecule has 0 nitrogen and oxygen atoms in total. The van der Waals surface area contributed by atoms with Crippen LogP contribution < -0.4 is 10.4 Å². The van der Waals surface area contributed by atoms with E-state index in [-0.39, 0.29) is 0 Å². The van der Waals surface area contributed by atoms with Crippen molar-refractivity contribution in [1.29, 1.82) is 0 Å². The van der Waals surface area contributed by atoms with Crippen LogP contribution in [-0.2, 0) is 6.42 Å². The average molecular weight is 669 g/mol. The SMILES string of the molecule is C/C=C\C=C/CC1=C(C)Cc2ccc(C)cc21.C=CC1=C(C=C)CCC(C)=C1.CC1C=CC=c2ccccc2=C1.Cc1ccc2ccccc2c1. The molecule has 0 N–H and O–H groups in total. The molecule has 0 amide bonds. The standard InChI is InChI=1S/C17H20.C12H12.C11H10.C11H14/c1-4-5-6-7-8-16-14(3)12-15-10-9-13(2)11-17(15)16;1-10-5-4-8-11-6-2-3-7-12(11)9-10;1-9-6-7-10-4-2-3-5-11(10)8-9;1-4-10-7-6-9(3)8-11(10)5-2/h4-7,9-11H,8,12H2,1-3H3;2-10H,1H3;2-8H,1H3;4-5,8H,1-2,6-7H2,3H3/b5-4-,7-6-;;;. The van der Waals surface area contributed by atoms with Gasteiger partial charge in [0.2, 0.25) is 0 Å². The summed E-state index contributed by atoms with van der Waals surface area (Å²) in [6.07, 6.45) is 27.8. The van der Waals surface area contributed by atoms with Gasteiger partial charge in [0.05, 0.1) is 0 Å². The van der Waals surface area contributed by atoms with E-state index in [9.17, 15) is 0 Å². The van der Waals surface area contributed by atoms with Gasteiger partial charge < -0.3 is 0 Å². The maximum atomic E-state index is 3.77. The molecule has 260 valence electrons. The maximum Gasteiger partial charge on any atom is -0.00577 e. The number of allylic oxidation sites excluding steroid dienone is 14. The van der Waals surface area contributed by atoms with E-state index in [1.807, 2.05) is 19.1 Å². The molecule has 0 radical (unpaired) electrons. The summed E-state index contributed by atoms with van der Waals surface area (Å²) in [5.74, 6) is 0.546. The van der Waals surface area contributed by atoms with Gasteiger partial charge in [-0.15, -0.1) is 0 Å². The van der Waals surface area contributed by atoms with Crippen LogP contribution in [0.1, 0.15) is 69.2 Å². The van der Waals surface area contributed by atoms with Crippen LogP contribution in [-0.4, -0.2) is 0 Å². The molecule has 0 heteroatoms. The molecule has 4 aromatic carbocycles. The second-order valence-electron chi connectivity index (χ2n) is 13.7. The highest BCUT2D eigenvalue weighted by Crippen LogP contribution is 2.35. The van der Waals surface area contributed by atoms with Crippen LogP contribution in [0.5, 0.6) is 0 Å². The fourth-order valence-electron chi connectivity index (χ4n) is 6.52. The Morgan fingerprint density at radius 1 is 0.745 bits per heavy atom. The Balaban J connectivity index is 0.000000155. The predicted octanol–water partition coefficient (Wildman–Crippen LogP) is 12.8. The van der Waals surface area contributed by atoms with E-state index in [2.05, 4.69) is 187 Å². The summed E-state index contributed by atoms with van der Waals surface area (Å²) in [4.78, 5) is 0. The molecule has 0 aliphatic heterocycles. The number of benzene rings is 4. The second kappa shape index (κ2) is 19.9. The van der Waals surface area contributed by atoms with Crippen molar-refractivity contribution in [2.75, 3.05) is 0 Å². The van der Waals surface area contributed by atoms with E-state index in [1.165, 1.54) is 77.7 Å². The van der Waals surface area contributed by atoms with Gasteiger partial charge in [-0.25, -0.2) is 0 Å². The van der Waals surface area contributed by atoms with Crippen LogP contribution in [0.4, 0.5) is 0 Å². The molecule has 1 unspecified atom stereocenters. The van der Waals surface area contributed by atoms with Gasteiger partial charge in [-0.3, -0.25) is 0 Å². The number of hydrogen-bond acceptors (Lipinski definition) is 0. The molecule has 3 aliphatic carbocycles. The van der Waals surface area contributed by atoms with Gasteiger partial charge in [0.25, 0.3) is 0 Å². The third-order valence-corrected chi connectivity index (χ3v) is 9.38. The monoisotopic (exact) mass is 668 g/mol. The van der Waals surface area contributed by atoms with Gasteiger partial charge in [0.15, 0.2) is 0 Å². The zero-order valence-corrected chi connectivity index (χ0v) is 31.8. The highest BCUT2D eigenvalue weighted by Gasteiger charge is 2.17. The van der Waals surface area contributed by atoms with E-state index in [1.54, 1.807) is 0 Å². The van der Waals surface area contributed by atoms with E-state index in [0.717, 1.165) is 19.3 Å². The minimum absolute atomic E-state index is 0.546. The zero-order valence-electron chi connectivity index (χ0n) is 31.8. The fourth-order valence-corrected chi connectivity index (χ4v) is 6.52. The van der Waals surface area contributed by atoms with Crippen LogP contribution in [0, 0.1) is 19.8 Å². The Labute approximate surface area is 308 Å². The lowest BCUT2D eigenvalue weighted by atomic mass is 9.93. The topological polar surface area (TPSA) is 0 Å². The molecule has 0 saturated heterocycles. The van der Waals surface area contributed by atoms with Crippen molar-refractivity contribution in [2.24, 2.45) is 5.92 Å². The third kappa shape index (κ3) is 11.7. The Bertz CT molecular complexity index is 2130. The lowest BCUT2D eigenvalue weighted by Crippen LogP contribution is -2.23. The van der Waals surface area contributed by atoms with Gasteiger partial charge in [-0.05, 0) is 115 Å². The molecule has 3 aliphatic rings.